The molecule has 0 amide bonds. The average molecular weight is 322 g/mol. The Morgan fingerprint density at radius 2 is 2.21 bits per heavy atom. The third-order valence-corrected chi connectivity index (χ3v) is 3.14. The Bertz CT molecular complexity index is 613. The predicted molar refractivity (Wildman–Crippen MR) is 74.4 cm³/mol. The minimum atomic E-state index is -1.02. The Morgan fingerprint density at radius 3 is 2.89 bits per heavy atom. The van der Waals surface area contributed by atoms with Crippen molar-refractivity contribution in [3.8, 4) is 5.75 Å². The third-order valence-electron chi connectivity index (χ3n) is 2.51. The molecule has 0 aliphatic heterocycles. The normalized spacial score (nSPS) is 10.2. The summed E-state index contributed by atoms with van der Waals surface area (Å²) in [6.07, 6.45) is 3.45. The van der Waals surface area contributed by atoms with Crippen LogP contribution in [0.4, 0.5) is 0 Å². The summed E-state index contributed by atoms with van der Waals surface area (Å²) in [4.78, 5) is 15.2. The second-order valence-corrected chi connectivity index (χ2v) is 4.94. The number of aromatic carboxylic acids is 1. The summed E-state index contributed by atoms with van der Waals surface area (Å²) in [5.41, 5.74) is 2.06. The summed E-state index contributed by atoms with van der Waals surface area (Å²) in [6, 6.07) is 6.87. The van der Waals surface area contributed by atoms with Gasteiger partial charge >= 0.3 is 5.97 Å². The first-order valence-electron chi connectivity index (χ1n) is 5.63. The highest BCUT2D eigenvalue weighted by Crippen LogP contribution is 2.29. The molecular formula is C14H12BrNO3. The zero-order valence-electron chi connectivity index (χ0n) is 10.3. The molecule has 0 atom stereocenters. The van der Waals surface area contributed by atoms with Crippen LogP contribution in [-0.2, 0) is 6.61 Å². The summed E-state index contributed by atoms with van der Waals surface area (Å²) >= 11 is 3.30. The van der Waals surface area contributed by atoms with Gasteiger partial charge < -0.3 is 9.84 Å². The first-order valence-corrected chi connectivity index (χ1v) is 6.42. The van der Waals surface area contributed by atoms with E-state index in [1.54, 1.807) is 24.5 Å². The third kappa shape index (κ3) is 3.32. The van der Waals surface area contributed by atoms with Gasteiger partial charge in [-0.05, 0) is 46.6 Å². The van der Waals surface area contributed by atoms with Gasteiger partial charge in [0.1, 0.15) is 17.9 Å². The molecule has 0 radical (unpaired) electrons. The number of rotatable bonds is 4. The number of aromatic nitrogens is 1. The van der Waals surface area contributed by atoms with Crippen molar-refractivity contribution in [2.45, 2.75) is 13.5 Å². The fraction of sp³-hybridized carbons (Fsp3) is 0.143. The lowest BCUT2D eigenvalue weighted by Gasteiger charge is -2.11. The predicted octanol–water partition coefficient (Wildman–Crippen LogP) is 3.43. The van der Waals surface area contributed by atoms with E-state index in [4.69, 9.17) is 9.84 Å². The number of hydrogen-bond donors (Lipinski definition) is 1. The van der Waals surface area contributed by atoms with E-state index < -0.39 is 5.97 Å². The van der Waals surface area contributed by atoms with Gasteiger partial charge in [-0.25, -0.2) is 4.79 Å². The number of para-hydroxylation sites is 1. The lowest BCUT2D eigenvalue weighted by Crippen LogP contribution is -2.04. The van der Waals surface area contributed by atoms with Crippen molar-refractivity contribution in [1.82, 2.24) is 4.98 Å². The number of nitrogens with zero attached hydrogens (tertiary/aromatic N) is 1. The van der Waals surface area contributed by atoms with Gasteiger partial charge in [-0.15, -0.1) is 0 Å². The smallest absolute Gasteiger partial charge is 0.339 e. The summed E-state index contributed by atoms with van der Waals surface area (Å²) in [6.45, 7) is 2.22. The Morgan fingerprint density at radius 1 is 1.42 bits per heavy atom. The van der Waals surface area contributed by atoms with Crippen LogP contribution in [-0.4, -0.2) is 16.1 Å². The Kier molecular flexibility index (Phi) is 4.16. The molecule has 19 heavy (non-hydrogen) atoms. The molecule has 2 aromatic rings. The van der Waals surface area contributed by atoms with E-state index in [1.165, 1.54) is 6.07 Å². The molecule has 2 rings (SSSR count). The van der Waals surface area contributed by atoms with E-state index in [9.17, 15) is 4.79 Å². The monoisotopic (exact) mass is 321 g/mol. The van der Waals surface area contributed by atoms with Gasteiger partial charge in [0.15, 0.2) is 0 Å². The number of ether oxygens (including phenoxy) is 1. The summed E-state index contributed by atoms with van der Waals surface area (Å²) < 4.78 is 6.22. The molecule has 0 unspecified atom stereocenters. The van der Waals surface area contributed by atoms with Crippen LogP contribution >= 0.6 is 15.9 Å². The molecule has 98 valence electrons. The van der Waals surface area contributed by atoms with Gasteiger partial charge in [0, 0.05) is 18.0 Å². The Hall–Kier alpha value is -1.88. The maximum Gasteiger partial charge on any atom is 0.339 e. The fourth-order valence-corrected chi connectivity index (χ4v) is 2.16. The Balaban J connectivity index is 2.22. The highest BCUT2D eigenvalue weighted by Gasteiger charge is 2.14. The van der Waals surface area contributed by atoms with Crippen molar-refractivity contribution < 1.29 is 14.6 Å². The molecule has 1 heterocycles. The van der Waals surface area contributed by atoms with Crippen molar-refractivity contribution >= 4 is 21.9 Å². The zero-order valence-corrected chi connectivity index (χ0v) is 11.8. The van der Waals surface area contributed by atoms with E-state index in [0.29, 0.717) is 10.2 Å². The Labute approximate surface area is 119 Å². The number of hydrogen-bond acceptors (Lipinski definition) is 3. The van der Waals surface area contributed by atoms with Crippen molar-refractivity contribution in [2.24, 2.45) is 0 Å². The van der Waals surface area contributed by atoms with Crippen LogP contribution in [0.15, 0.2) is 41.1 Å². The van der Waals surface area contributed by atoms with Crippen molar-refractivity contribution in [3.63, 3.8) is 0 Å². The number of benzene rings is 1. The molecule has 4 nitrogen and oxygen atoms in total. The molecule has 0 saturated carbocycles. The molecule has 0 saturated heterocycles. The van der Waals surface area contributed by atoms with Gasteiger partial charge in [0.25, 0.3) is 0 Å². The van der Waals surface area contributed by atoms with Crippen LogP contribution in [0.5, 0.6) is 5.75 Å². The highest BCUT2D eigenvalue weighted by molar-refractivity contribution is 9.10. The van der Waals surface area contributed by atoms with Gasteiger partial charge in [-0.2, -0.15) is 0 Å². The van der Waals surface area contributed by atoms with Gasteiger partial charge in [0.05, 0.1) is 4.47 Å². The van der Waals surface area contributed by atoms with Crippen LogP contribution in [0.1, 0.15) is 21.5 Å². The molecule has 1 aromatic heterocycles. The molecule has 0 aliphatic carbocycles. The molecule has 0 spiro atoms. The molecule has 0 fully saturated rings. The van der Waals surface area contributed by atoms with Crippen LogP contribution < -0.4 is 4.74 Å². The summed E-state index contributed by atoms with van der Waals surface area (Å²) in [5.74, 6) is -0.685. The fourth-order valence-electron chi connectivity index (χ4n) is 1.68. The number of halogens is 1. The first kappa shape index (κ1) is 13.5. The first-order chi connectivity index (χ1) is 9.08. The number of carbonyl (C=O) groups is 1. The van der Waals surface area contributed by atoms with Gasteiger partial charge in [-0.3, -0.25) is 4.98 Å². The van der Waals surface area contributed by atoms with E-state index in [0.717, 1.165) is 11.1 Å². The quantitative estimate of drug-likeness (QED) is 0.937. The maximum atomic E-state index is 11.1. The topological polar surface area (TPSA) is 59.4 Å². The molecular weight excluding hydrogens is 310 g/mol. The average Bonchev–Trinajstić information content (AvgIpc) is 2.37. The second kappa shape index (κ2) is 5.84. The molecule has 0 aliphatic rings. The van der Waals surface area contributed by atoms with E-state index in [2.05, 4.69) is 20.9 Å². The highest BCUT2D eigenvalue weighted by atomic mass is 79.9. The van der Waals surface area contributed by atoms with E-state index in [1.807, 2.05) is 13.0 Å². The SMILES string of the molecule is Cc1cncc(COc2c(Br)cccc2C(=O)O)c1. The molecule has 5 heteroatoms. The van der Waals surface area contributed by atoms with E-state index in [-0.39, 0.29) is 12.2 Å². The minimum Gasteiger partial charge on any atom is -0.487 e. The van der Waals surface area contributed by atoms with Crippen LogP contribution in [0.25, 0.3) is 0 Å². The standard InChI is InChI=1S/C14H12BrNO3/c1-9-5-10(7-16-6-9)8-19-13-11(14(17)18)3-2-4-12(13)15/h2-7H,8H2,1H3,(H,17,18). The number of pyridine rings is 1. The van der Waals surface area contributed by atoms with Gasteiger partial charge in [-0.1, -0.05) is 6.07 Å². The summed E-state index contributed by atoms with van der Waals surface area (Å²) in [5, 5.41) is 9.12. The number of aryl methyl sites for hydroxylation is 1. The van der Waals surface area contributed by atoms with Gasteiger partial charge in [0.2, 0.25) is 0 Å². The number of carboxylic acid groups (broad SMARTS) is 1. The lowest BCUT2D eigenvalue weighted by atomic mass is 10.2. The minimum absolute atomic E-state index is 0.134. The number of carboxylic acids is 1. The largest absolute Gasteiger partial charge is 0.487 e. The molecule has 1 aromatic carbocycles. The van der Waals surface area contributed by atoms with Crippen molar-refractivity contribution in [1.29, 1.82) is 0 Å². The molecule has 0 bridgehead atoms. The maximum absolute atomic E-state index is 11.1. The van der Waals surface area contributed by atoms with Crippen molar-refractivity contribution in [2.75, 3.05) is 0 Å². The lowest BCUT2D eigenvalue weighted by molar-refractivity contribution is 0.0691. The van der Waals surface area contributed by atoms with E-state index >= 15 is 0 Å². The van der Waals surface area contributed by atoms with Crippen LogP contribution in [0, 0.1) is 6.92 Å². The van der Waals surface area contributed by atoms with Crippen molar-refractivity contribution in [3.05, 3.63) is 57.8 Å². The molecule has 1 N–H and O–H groups in total. The van der Waals surface area contributed by atoms with Crippen LogP contribution in [0.2, 0.25) is 0 Å². The zero-order chi connectivity index (χ0) is 13.8. The van der Waals surface area contributed by atoms with Crippen LogP contribution in [0.3, 0.4) is 0 Å². The second-order valence-electron chi connectivity index (χ2n) is 4.08. The summed E-state index contributed by atoms with van der Waals surface area (Å²) in [7, 11) is 0.